The molecule has 4 aliphatic carbocycles. The fourth-order valence-corrected chi connectivity index (χ4v) is 7.68. The molecule has 147 valence electrons. The van der Waals surface area contributed by atoms with Gasteiger partial charge in [-0.15, -0.1) is 0 Å². The molecular weight excluding hydrogens is 428 g/mol. The fraction of sp³-hybridized carbons (Fsp3) is 0.818. The van der Waals surface area contributed by atoms with Gasteiger partial charge in [-0.05, 0) is 80.1 Å². The van der Waals surface area contributed by atoms with Gasteiger partial charge in [-0.2, -0.15) is 0 Å². The molecule has 0 amide bonds. The van der Waals surface area contributed by atoms with E-state index in [1.165, 1.54) is 5.57 Å². The number of ether oxygens (including phenoxy) is 2. The van der Waals surface area contributed by atoms with E-state index in [1.807, 2.05) is 6.08 Å². The predicted octanol–water partition coefficient (Wildman–Crippen LogP) is 3.23. The summed E-state index contributed by atoms with van der Waals surface area (Å²) in [5.74, 6) is 1.76. The van der Waals surface area contributed by atoms with Gasteiger partial charge in [0.15, 0.2) is 13.6 Å². The Kier molecular flexibility index (Phi) is 5.03. The molecule has 0 N–H and O–H groups in total. The number of carbonyl (C=O) groups is 1. The van der Waals surface area contributed by atoms with Crippen LogP contribution < -0.4 is 0 Å². The number of ketones is 1. The Morgan fingerprint density at radius 3 is 2.61 bits per heavy atom. The van der Waals surface area contributed by atoms with Gasteiger partial charge in [-0.1, -0.05) is 19.4 Å². The molecule has 0 spiro atoms. The summed E-state index contributed by atoms with van der Waals surface area (Å²) < 4.78 is 12.1. The molecule has 0 aromatic rings. The van der Waals surface area contributed by atoms with E-state index in [2.05, 4.69) is 20.1 Å². The van der Waals surface area contributed by atoms with E-state index in [-0.39, 0.29) is 55.4 Å². The Bertz CT molecular complexity index is 751. The number of rotatable bonds is 1. The third-order valence-electron chi connectivity index (χ3n) is 9.01. The molecule has 1 heterocycles. The van der Waals surface area contributed by atoms with Crippen molar-refractivity contribution in [2.45, 2.75) is 83.1 Å². The molecule has 1 saturated heterocycles. The van der Waals surface area contributed by atoms with E-state index >= 15 is 0 Å². The monoisotopic (exact) mass is 456 g/mol. The molecule has 5 aliphatic rings. The van der Waals surface area contributed by atoms with Crippen molar-refractivity contribution in [2.75, 3.05) is 0 Å². The van der Waals surface area contributed by atoms with Crippen molar-refractivity contribution in [3.8, 4) is 0 Å². The van der Waals surface area contributed by atoms with Gasteiger partial charge in [0, 0.05) is 44.7 Å². The zero-order valence-electron chi connectivity index (χ0n) is 17.1. The van der Waals surface area contributed by atoms with Crippen molar-refractivity contribution in [1.29, 1.82) is 0 Å². The zero-order chi connectivity index (χ0) is 19.2. The maximum absolute atomic E-state index is 12.2. The summed E-state index contributed by atoms with van der Waals surface area (Å²) in [5, 5.41) is 0. The minimum Gasteiger partial charge on any atom is -0.539 e. The predicted molar refractivity (Wildman–Crippen MR) is 101 cm³/mol. The van der Waals surface area contributed by atoms with Crippen molar-refractivity contribution in [3.63, 3.8) is 0 Å². The van der Waals surface area contributed by atoms with Crippen molar-refractivity contribution < 1.29 is 51.8 Å². The van der Waals surface area contributed by atoms with Gasteiger partial charge >= 0.3 is 0 Å². The zero-order valence-corrected chi connectivity index (χ0v) is 20.0. The van der Waals surface area contributed by atoms with Crippen molar-refractivity contribution in [2.24, 2.45) is 28.6 Å². The molecule has 3 radical (unpaired) electrons. The van der Waals surface area contributed by atoms with Crippen LogP contribution in [0.15, 0.2) is 11.6 Å². The Hall–Kier alpha value is 0.169. The topological polar surface area (TPSA) is 52.6 Å². The Balaban J connectivity index is 0.00000192. The second-order valence-electron chi connectivity index (χ2n) is 10.2. The first-order chi connectivity index (χ1) is 12.7. The molecular formula is C22H28BO4Y-. The number of hydrogen-bond donors (Lipinski definition) is 0. The second-order valence-corrected chi connectivity index (χ2v) is 10.2. The van der Waals surface area contributed by atoms with Gasteiger partial charge in [0.05, 0.1) is 6.10 Å². The molecule has 5 rings (SSSR count). The summed E-state index contributed by atoms with van der Waals surface area (Å²) in [6.07, 6.45) is 10.4. The summed E-state index contributed by atoms with van der Waals surface area (Å²) in [5.41, 5.74) is -1.07. The van der Waals surface area contributed by atoms with Gasteiger partial charge in [0.25, 0.3) is 0 Å². The average Bonchev–Trinajstić information content (AvgIpc) is 3.01. The largest absolute Gasteiger partial charge is 0.539 e. The van der Waals surface area contributed by atoms with E-state index in [1.54, 1.807) is 6.92 Å². The molecule has 0 aromatic heterocycles. The van der Waals surface area contributed by atoms with Crippen molar-refractivity contribution >= 4 is 19.9 Å². The molecule has 4 fully saturated rings. The van der Waals surface area contributed by atoms with Crippen LogP contribution in [-0.2, 0) is 51.8 Å². The Morgan fingerprint density at radius 2 is 1.89 bits per heavy atom. The van der Waals surface area contributed by atoms with E-state index in [4.69, 9.17) is 17.3 Å². The van der Waals surface area contributed by atoms with E-state index in [0.29, 0.717) is 24.2 Å². The van der Waals surface area contributed by atoms with Crippen LogP contribution in [0.1, 0.15) is 65.7 Å². The molecule has 1 aliphatic heterocycles. The van der Waals surface area contributed by atoms with Gasteiger partial charge in [-0.3, -0.25) is 4.79 Å². The third kappa shape index (κ3) is 2.58. The normalized spacial score (nSPS) is 54.5. The van der Waals surface area contributed by atoms with Crippen LogP contribution in [0.3, 0.4) is 0 Å². The van der Waals surface area contributed by atoms with Crippen LogP contribution in [0.5, 0.6) is 0 Å². The standard InChI is InChI=1S/C22H28BO4.Y/c1-19-8-6-14(25)10-13(19)4-5-15-16(19)7-9-20(2)17(15)11-18-22(20,12-24)27-21(3,23)26-18;/h10,15-18H,4-9,11H2,1-3H3;/q-1;. The third-order valence-corrected chi connectivity index (χ3v) is 9.01. The van der Waals surface area contributed by atoms with Gasteiger partial charge < -0.3 is 14.3 Å². The summed E-state index contributed by atoms with van der Waals surface area (Å²) >= 11 is 0. The molecule has 8 unspecified atom stereocenters. The second kappa shape index (κ2) is 6.58. The molecule has 8 atom stereocenters. The number of carbonyl (C=O) groups excluding carboxylic acids is 2. The quantitative estimate of drug-likeness (QED) is 0.450. The number of fused-ring (bicyclic) bond motifs is 7. The van der Waals surface area contributed by atoms with Crippen molar-refractivity contribution in [1.82, 2.24) is 0 Å². The first kappa shape index (κ1) is 21.4. The summed E-state index contributed by atoms with van der Waals surface area (Å²) in [4.78, 5) is 24.2. The minimum absolute atomic E-state index is 0. The van der Waals surface area contributed by atoms with E-state index in [9.17, 15) is 9.59 Å². The molecule has 4 nitrogen and oxygen atoms in total. The maximum atomic E-state index is 12.2. The number of hydrogen-bond acceptors (Lipinski definition) is 4. The molecule has 6 heteroatoms. The van der Waals surface area contributed by atoms with E-state index in [0.717, 1.165) is 38.5 Å². The Morgan fingerprint density at radius 1 is 1.14 bits per heavy atom. The first-order valence-corrected chi connectivity index (χ1v) is 10.5. The van der Waals surface area contributed by atoms with Gasteiger partial charge in [0.1, 0.15) is 5.69 Å². The fourth-order valence-electron chi connectivity index (χ4n) is 7.68. The summed E-state index contributed by atoms with van der Waals surface area (Å²) in [7, 11) is 6.10. The Labute approximate surface area is 194 Å². The van der Waals surface area contributed by atoms with Crippen LogP contribution in [0, 0.1) is 28.6 Å². The summed E-state index contributed by atoms with van der Waals surface area (Å²) in [6, 6.07) is 0. The van der Waals surface area contributed by atoms with E-state index < -0.39 is 11.3 Å². The van der Waals surface area contributed by atoms with Crippen LogP contribution >= 0.6 is 0 Å². The minimum atomic E-state index is -1.22. The summed E-state index contributed by atoms with van der Waals surface area (Å²) in [6.45, 7) is 6.25. The van der Waals surface area contributed by atoms with Gasteiger partial charge in [-0.25, -0.2) is 6.29 Å². The smallest absolute Gasteiger partial charge is 0.155 e. The molecule has 0 bridgehead atoms. The first-order valence-electron chi connectivity index (χ1n) is 10.5. The van der Waals surface area contributed by atoms with Crippen LogP contribution in [0.2, 0.25) is 0 Å². The molecule has 28 heavy (non-hydrogen) atoms. The van der Waals surface area contributed by atoms with Crippen LogP contribution in [0.25, 0.3) is 0 Å². The SMILES string of the molecule is [B]C1(C)OC2CC3C4CCC5=CC(=O)CCC5(C)C4CCC3(C)C2([C-]=O)O1.[Y]. The molecule has 3 saturated carbocycles. The maximum Gasteiger partial charge on any atom is 0.155 e. The van der Waals surface area contributed by atoms with Gasteiger partial charge in [0.2, 0.25) is 0 Å². The van der Waals surface area contributed by atoms with Crippen LogP contribution in [-0.4, -0.2) is 37.3 Å². The molecule has 0 aromatic carbocycles. The average molecular weight is 456 g/mol. The van der Waals surface area contributed by atoms with Crippen LogP contribution in [0.4, 0.5) is 0 Å². The number of allylic oxidation sites excluding steroid dienone is 1. The van der Waals surface area contributed by atoms with Crippen molar-refractivity contribution in [3.05, 3.63) is 11.6 Å².